The maximum atomic E-state index is 13.2. The van der Waals surface area contributed by atoms with Crippen LogP contribution in [-0.2, 0) is 25.7 Å². The zero-order chi connectivity index (χ0) is 24.2. The molecule has 0 bridgehead atoms. The lowest BCUT2D eigenvalue weighted by molar-refractivity contribution is -0.167. The summed E-state index contributed by atoms with van der Waals surface area (Å²) in [6.07, 6.45) is -1.40. The van der Waals surface area contributed by atoms with E-state index < -0.39 is 35.7 Å². The van der Waals surface area contributed by atoms with E-state index in [0.717, 1.165) is 5.56 Å². The molecular formula is C24H34N2O7. The van der Waals surface area contributed by atoms with Gasteiger partial charge in [0.25, 0.3) is 0 Å². The van der Waals surface area contributed by atoms with E-state index in [2.05, 4.69) is 0 Å². The van der Waals surface area contributed by atoms with Gasteiger partial charge in [-0.2, -0.15) is 0 Å². The molecule has 3 rings (SSSR count). The molecule has 0 radical (unpaired) electrons. The molecule has 2 fully saturated rings. The highest BCUT2D eigenvalue weighted by atomic mass is 16.6. The molecule has 0 spiro atoms. The molecule has 33 heavy (non-hydrogen) atoms. The van der Waals surface area contributed by atoms with E-state index >= 15 is 0 Å². The van der Waals surface area contributed by atoms with Crippen molar-refractivity contribution in [2.45, 2.75) is 71.0 Å². The molecular weight excluding hydrogens is 428 g/mol. The van der Waals surface area contributed by atoms with Gasteiger partial charge in [-0.25, -0.2) is 9.59 Å². The van der Waals surface area contributed by atoms with Crippen LogP contribution in [0.25, 0.3) is 0 Å². The minimum absolute atomic E-state index is 0.0511. The lowest BCUT2D eigenvalue weighted by Gasteiger charge is -2.37. The van der Waals surface area contributed by atoms with Crippen LogP contribution in [0.2, 0.25) is 0 Å². The van der Waals surface area contributed by atoms with E-state index in [1.165, 1.54) is 4.90 Å². The predicted octanol–water partition coefficient (Wildman–Crippen LogP) is 2.27. The highest BCUT2D eigenvalue weighted by Crippen LogP contribution is 2.28. The Hall–Kier alpha value is -2.65. The van der Waals surface area contributed by atoms with Gasteiger partial charge in [-0.05, 0) is 23.8 Å². The first-order valence-corrected chi connectivity index (χ1v) is 11.4. The minimum Gasteiger partial charge on any atom is -0.479 e. The number of aliphatic hydroxyl groups excluding tert-OH is 1. The molecule has 2 saturated heterocycles. The second-order valence-electron chi connectivity index (χ2n) is 9.84. The van der Waals surface area contributed by atoms with Gasteiger partial charge in [0.15, 0.2) is 6.10 Å². The summed E-state index contributed by atoms with van der Waals surface area (Å²) in [5.74, 6) is -1.22. The van der Waals surface area contributed by atoms with Crippen molar-refractivity contribution < 1.29 is 34.1 Å². The number of β-amino-alcohol motifs (C(OH)–C–C–N with tert-alkyl or cyclic N) is 1. The number of rotatable bonds is 6. The van der Waals surface area contributed by atoms with Crippen LogP contribution < -0.4 is 0 Å². The Morgan fingerprint density at radius 3 is 2.33 bits per heavy atom. The van der Waals surface area contributed by atoms with Crippen molar-refractivity contribution in [1.29, 1.82) is 0 Å². The molecule has 1 aromatic carbocycles. The second kappa shape index (κ2) is 10.5. The minimum atomic E-state index is -0.995. The Labute approximate surface area is 194 Å². The lowest BCUT2D eigenvalue weighted by atomic mass is 9.88. The molecule has 9 nitrogen and oxygen atoms in total. The average molecular weight is 463 g/mol. The van der Waals surface area contributed by atoms with Crippen LogP contribution >= 0.6 is 0 Å². The molecule has 9 heteroatoms. The zero-order valence-corrected chi connectivity index (χ0v) is 19.5. The van der Waals surface area contributed by atoms with Gasteiger partial charge >= 0.3 is 12.1 Å². The van der Waals surface area contributed by atoms with E-state index in [4.69, 9.17) is 9.47 Å². The summed E-state index contributed by atoms with van der Waals surface area (Å²) in [5.41, 5.74) is 0.296. The third-order valence-corrected chi connectivity index (χ3v) is 6.10. The van der Waals surface area contributed by atoms with Gasteiger partial charge in [-0.15, -0.1) is 0 Å². The summed E-state index contributed by atoms with van der Waals surface area (Å²) >= 11 is 0. The van der Waals surface area contributed by atoms with Crippen LogP contribution in [0.1, 0.15) is 45.6 Å². The highest BCUT2D eigenvalue weighted by Gasteiger charge is 2.43. The third-order valence-electron chi connectivity index (χ3n) is 6.10. The van der Waals surface area contributed by atoms with Crippen molar-refractivity contribution in [1.82, 2.24) is 9.80 Å². The number of ether oxygens (including phenoxy) is 2. The standard InChI is InChI=1S/C24H34N2O7/c1-24(2,3)20(22(29)30)33-18-9-11-25(12-10-18)21(28)19-13-17(27)14-26(19)23(31)32-15-16-7-5-4-6-8-16/h4-8,17-20,27H,9-15H2,1-3H3,(H,29,30)/t17-,19+,20?/m1/s1. The summed E-state index contributed by atoms with van der Waals surface area (Å²) in [4.78, 5) is 40.3. The van der Waals surface area contributed by atoms with Crippen LogP contribution in [0.5, 0.6) is 0 Å². The van der Waals surface area contributed by atoms with Gasteiger partial charge in [0.1, 0.15) is 12.6 Å². The fraction of sp³-hybridized carbons (Fsp3) is 0.625. The number of likely N-dealkylation sites (tertiary alicyclic amines) is 2. The number of carbonyl (C=O) groups excluding carboxylic acids is 2. The number of carbonyl (C=O) groups is 3. The average Bonchev–Trinajstić information content (AvgIpc) is 3.17. The summed E-state index contributed by atoms with van der Waals surface area (Å²) in [6.45, 7) is 6.41. The Kier molecular flexibility index (Phi) is 7.97. The first-order valence-electron chi connectivity index (χ1n) is 11.4. The molecule has 1 aromatic rings. The number of aliphatic hydroxyl groups is 1. The normalized spacial score (nSPS) is 22.8. The molecule has 182 valence electrons. The topological polar surface area (TPSA) is 117 Å². The molecule has 2 aliphatic heterocycles. The van der Waals surface area contributed by atoms with Gasteiger partial charge in [-0.1, -0.05) is 51.1 Å². The van der Waals surface area contributed by atoms with E-state index in [9.17, 15) is 24.6 Å². The summed E-state index contributed by atoms with van der Waals surface area (Å²) in [5, 5.41) is 19.6. The molecule has 2 N–H and O–H groups in total. The van der Waals surface area contributed by atoms with E-state index in [1.807, 2.05) is 51.1 Å². The SMILES string of the molecule is CC(C)(C)C(OC1CCN(C(=O)[C@@H]2C[C@@H](O)CN2C(=O)OCc2ccccc2)CC1)C(=O)O. The number of carboxylic acids is 1. The summed E-state index contributed by atoms with van der Waals surface area (Å²) in [6, 6.07) is 8.48. The molecule has 1 unspecified atom stereocenters. The van der Waals surface area contributed by atoms with Gasteiger partial charge in [0, 0.05) is 19.5 Å². The van der Waals surface area contributed by atoms with E-state index in [0.29, 0.717) is 25.9 Å². The summed E-state index contributed by atoms with van der Waals surface area (Å²) in [7, 11) is 0. The second-order valence-corrected chi connectivity index (χ2v) is 9.84. The maximum absolute atomic E-state index is 13.2. The van der Waals surface area contributed by atoms with E-state index in [-0.39, 0.29) is 31.6 Å². The number of hydrogen-bond donors (Lipinski definition) is 2. The zero-order valence-electron chi connectivity index (χ0n) is 19.5. The number of hydrogen-bond acceptors (Lipinski definition) is 6. The molecule has 0 aliphatic carbocycles. The number of piperidine rings is 1. The largest absolute Gasteiger partial charge is 0.479 e. The van der Waals surface area contributed by atoms with E-state index in [1.54, 1.807) is 4.90 Å². The van der Waals surface area contributed by atoms with Crippen molar-refractivity contribution in [2.24, 2.45) is 5.41 Å². The first kappa shape index (κ1) is 25.0. The maximum Gasteiger partial charge on any atom is 0.410 e. The lowest BCUT2D eigenvalue weighted by Crippen LogP contribution is -2.51. The number of benzene rings is 1. The van der Waals surface area contributed by atoms with Crippen molar-refractivity contribution >= 4 is 18.0 Å². The summed E-state index contributed by atoms with van der Waals surface area (Å²) < 4.78 is 11.2. The fourth-order valence-corrected chi connectivity index (χ4v) is 4.30. The smallest absolute Gasteiger partial charge is 0.410 e. The Morgan fingerprint density at radius 1 is 1.12 bits per heavy atom. The number of nitrogens with zero attached hydrogens (tertiary/aromatic N) is 2. The third kappa shape index (κ3) is 6.45. The van der Waals surface area contributed by atoms with Crippen LogP contribution in [0, 0.1) is 5.41 Å². The van der Waals surface area contributed by atoms with Crippen LogP contribution in [0.4, 0.5) is 4.79 Å². The Balaban J connectivity index is 1.55. The van der Waals surface area contributed by atoms with Crippen LogP contribution in [-0.4, -0.2) is 82.0 Å². The molecule has 3 atom stereocenters. The van der Waals surface area contributed by atoms with Gasteiger partial charge < -0.3 is 24.6 Å². The predicted molar refractivity (Wildman–Crippen MR) is 119 cm³/mol. The molecule has 2 amide bonds. The number of carboxylic acid groups (broad SMARTS) is 1. The highest BCUT2D eigenvalue weighted by molar-refractivity contribution is 5.86. The van der Waals surface area contributed by atoms with Crippen molar-refractivity contribution in [3.8, 4) is 0 Å². The van der Waals surface area contributed by atoms with Crippen molar-refractivity contribution in [3.63, 3.8) is 0 Å². The van der Waals surface area contributed by atoms with Crippen molar-refractivity contribution in [2.75, 3.05) is 19.6 Å². The van der Waals surface area contributed by atoms with Crippen molar-refractivity contribution in [3.05, 3.63) is 35.9 Å². The van der Waals surface area contributed by atoms with Crippen LogP contribution in [0.3, 0.4) is 0 Å². The van der Waals surface area contributed by atoms with Gasteiger partial charge in [-0.3, -0.25) is 9.69 Å². The molecule has 2 heterocycles. The molecule has 0 aromatic heterocycles. The van der Waals surface area contributed by atoms with Crippen LogP contribution in [0.15, 0.2) is 30.3 Å². The van der Waals surface area contributed by atoms with Gasteiger partial charge in [0.2, 0.25) is 5.91 Å². The first-order chi connectivity index (χ1) is 15.6. The monoisotopic (exact) mass is 462 g/mol. The fourth-order valence-electron chi connectivity index (χ4n) is 4.30. The number of amides is 2. The Morgan fingerprint density at radius 2 is 1.76 bits per heavy atom. The van der Waals surface area contributed by atoms with Gasteiger partial charge in [0.05, 0.1) is 18.8 Å². The number of aliphatic carboxylic acids is 1. The molecule has 0 saturated carbocycles. The molecule has 2 aliphatic rings. The quantitative estimate of drug-likeness (QED) is 0.666. The Bertz CT molecular complexity index is 831.